The maximum absolute atomic E-state index is 5.86. The second-order valence-corrected chi connectivity index (χ2v) is 9.23. The van der Waals surface area contributed by atoms with Crippen LogP contribution in [0.3, 0.4) is 0 Å². The number of aromatic amines is 1. The van der Waals surface area contributed by atoms with Crippen LogP contribution in [0.1, 0.15) is 48.2 Å². The number of aryl methyl sites for hydroxylation is 1. The van der Waals surface area contributed by atoms with Gasteiger partial charge in [-0.25, -0.2) is 0 Å². The Labute approximate surface area is 177 Å². The lowest BCUT2D eigenvalue weighted by atomic mass is 9.96. The predicted molar refractivity (Wildman–Crippen MR) is 124 cm³/mol. The number of aromatic nitrogens is 1. The summed E-state index contributed by atoms with van der Waals surface area (Å²) in [7, 11) is 0. The molecule has 1 saturated carbocycles. The van der Waals surface area contributed by atoms with E-state index < -0.39 is 0 Å². The predicted octanol–water partition coefficient (Wildman–Crippen LogP) is 5.79. The van der Waals surface area contributed by atoms with Crippen LogP contribution in [0.2, 0.25) is 0 Å². The first-order valence-electron chi connectivity index (χ1n) is 10.3. The van der Waals surface area contributed by atoms with Crippen molar-refractivity contribution in [3.63, 3.8) is 0 Å². The Bertz CT molecular complexity index is 907. The molecule has 0 atom stereocenters. The third-order valence-corrected chi connectivity index (χ3v) is 7.04. The lowest BCUT2D eigenvalue weighted by molar-refractivity contribution is 0.370. The van der Waals surface area contributed by atoms with Gasteiger partial charge in [0.05, 0.1) is 6.54 Å². The molecule has 3 nitrogen and oxygen atoms in total. The fourth-order valence-corrected chi connectivity index (χ4v) is 5.30. The number of nitrogens with zero attached hydrogens (tertiary/aromatic N) is 1. The molecular weight excluding hydrogens is 382 g/mol. The van der Waals surface area contributed by atoms with E-state index in [2.05, 4.69) is 63.9 Å². The summed E-state index contributed by atoms with van der Waals surface area (Å²) in [6, 6.07) is 13.5. The van der Waals surface area contributed by atoms with Gasteiger partial charge in [-0.3, -0.25) is 0 Å². The molecular formula is C23H29N3S2. The molecule has 2 heterocycles. The number of benzene rings is 1. The molecule has 1 aliphatic rings. The molecule has 1 aromatic carbocycles. The zero-order chi connectivity index (χ0) is 19.3. The molecule has 4 rings (SSSR count). The van der Waals surface area contributed by atoms with E-state index in [1.807, 2.05) is 11.3 Å². The summed E-state index contributed by atoms with van der Waals surface area (Å²) in [5, 5.41) is 8.07. The van der Waals surface area contributed by atoms with Gasteiger partial charge >= 0.3 is 0 Å². The number of rotatable bonds is 6. The first kappa shape index (κ1) is 19.5. The van der Waals surface area contributed by atoms with E-state index in [0.717, 1.165) is 24.6 Å². The van der Waals surface area contributed by atoms with Crippen LogP contribution < -0.4 is 5.32 Å². The number of fused-ring (bicyclic) bond motifs is 1. The average molecular weight is 412 g/mol. The molecule has 1 aliphatic carbocycles. The molecule has 0 bridgehead atoms. The van der Waals surface area contributed by atoms with Crippen LogP contribution in [0.25, 0.3) is 10.9 Å². The van der Waals surface area contributed by atoms with Crippen molar-refractivity contribution in [1.29, 1.82) is 0 Å². The molecule has 148 valence electrons. The van der Waals surface area contributed by atoms with Crippen LogP contribution >= 0.6 is 23.6 Å². The monoisotopic (exact) mass is 411 g/mol. The van der Waals surface area contributed by atoms with Crippen LogP contribution in [0.15, 0.2) is 41.8 Å². The number of hydrogen-bond acceptors (Lipinski definition) is 2. The lowest BCUT2D eigenvalue weighted by Gasteiger charge is -2.30. The van der Waals surface area contributed by atoms with Gasteiger partial charge in [0.15, 0.2) is 5.11 Å². The average Bonchev–Trinajstić information content (AvgIpc) is 3.33. The number of thiophene rings is 1. The summed E-state index contributed by atoms with van der Waals surface area (Å²) in [4.78, 5) is 7.25. The van der Waals surface area contributed by atoms with E-state index in [1.54, 1.807) is 0 Å². The van der Waals surface area contributed by atoms with Crippen molar-refractivity contribution in [1.82, 2.24) is 15.2 Å². The van der Waals surface area contributed by atoms with E-state index in [9.17, 15) is 0 Å². The van der Waals surface area contributed by atoms with Gasteiger partial charge in [0, 0.05) is 34.1 Å². The van der Waals surface area contributed by atoms with E-state index in [0.29, 0.717) is 6.04 Å². The van der Waals surface area contributed by atoms with Crippen molar-refractivity contribution < 1.29 is 0 Å². The number of para-hydroxylation sites is 1. The Morgan fingerprint density at radius 2 is 2.00 bits per heavy atom. The highest BCUT2D eigenvalue weighted by atomic mass is 32.1. The number of hydrogen-bond donors (Lipinski definition) is 2. The molecule has 3 aromatic rings. The summed E-state index contributed by atoms with van der Waals surface area (Å²) < 4.78 is 0. The molecule has 0 amide bonds. The van der Waals surface area contributed by atoms with Crippen LogP contribution in [0, 0.1) is 6.92 Å². The Balaban J connectivity index is 1.48. The first-order chi connectivity index (χ1) is 13.7. The Morgan fingerprint density at radius 1 is 1.18 bits per heavy atom. The second kappa shape index (κ2) is 9.10. The van der Waals surface area contributed by atoms with Crippen molar-refractivity contribution >= 4 is 39.6 Å². The van der Waals surface area contributed by atoms with Crippen molar-refractivity contribution in [2.75, 3.05) is 6.54 Å². The number of H-pyrrole nitrogens is 1. The van der Waals surface area contributed by atoms with Crippen molar-refractivity contribution in [2.45, 2.75) is 58.0 Å². The van der Waals surface area contributed by atoms with Gasteiger partial charge in [-0.2, -0.15) is 0 Å². The fourth-order valence-electron chi connectivity index (χ4n) is 4.26. The van der Waals surface area contributed by atoms with E-state index in [-0.39, 0.29) is 0 Å². The molecule has 0 saturated heterocycles. The van der Waals surface area contributed by atoms with Crippen molar-refractivity contribution in [2.24, 2.45) is 0 Å². The Kier molecular flexibility index (Phi) is 6.33. The summed E-state index contributed by atoms with van der Waals surface area (Å²) in [6.07, 6.45) is 7.49. The van der Waals surface area contributed by atoms with Gasteiger partial charge in [0.2, 0.25) is 0 Å². The van der Waals surface area contributed by atoms with Crippen LogP contribution in [0.5, 0.6) is 0 Å². The smallest absolute Gasteiger partial charge is 0.169 e. The SMILES string of the molecule is Cc1[nH]c2ccccc2c1CCN(Cc1cccs1)C(=S)NC1CCCCC1. The Hall–Kier alpha value is -1.85. The topological polar surface area (TPSA) is 31.1 Å². The lowest BCUT2D eigenvalue weighted by Crippen LogP contribution is -2.45. The normalized spacial score (nSPS) is 15.0. The highest BCUT2D eigenvalue weighted by Crippen LogP contribution is 2.23. The van der Waals surface area contributed by atoms with Gasteiger partial charge < -0.3 is 15.2 Å². The zero-order valence-electron chi connectivity index (χ0n) is 16.5. The molecule has 0 aliphatic heterocycles. The van der Waals surface area contributed by atoms with Crippen LogP contribution in [-0.2, 0) is 13.0 Å². The van der Waals surface area contributed by atoms with Gasteiger partial charge in [-0.05, 0) is 61.5 Å². The third-order valence-electron chi connectivity index (χ3n) is 5.81. The highest BCUT2D eigenvalue weighted by molar-refractivity contribution is 7.80. The molecule has 0 unspecified atom stereocenters. The molecule has 2 aromatic heterocycles. The maximum Gasteiger partial charge on any atom is 0.169 e. The first-order valence-corrected chi connectivity index (χ1v) is 11.6. The molecule has 5 heteroatoms. The zero-order valence-corrected chi connectivity index (χ0v) is 18.2. The summed E-state index contributed by atoms with van der Waals surface area (Å²) in [6.45, 7) is 3.99. The minimum absolute atomic E-state index is 0.543. The summed E-state index contributed by atoms with van der Waals surface area (Å²) in [5.74, 6) is 0. The van der Waals surface area contributed by atoms with Crippen molar-refractivity contribution in [3.05, 3.63) is 57.9 Å². The van der Waals surface area contributed by atoms with Crippen LogP contribution in [-0.4, -0.2) is 27.6 Å². The number of nitrogens with one attached hydrogen (secondary N) is 2. The largest absolute Gasteiger partial charge is 0.360 e. The third kappa shape index (κ3) is 4.58. The second-order valence-electron chi connectivity index (χ2n) is 7.81. The van der Waals surface area contributed by atoms with Crippen LogP contribution in [0.4, 0.5) is 0 Å². The minimum atomic E-state index is 0.543. The molecule has 1 fully saturated rings. The Morgan fingerprint density at radius 3 is 2.79 bits per heavy atom. The fraction of sp³-hybridized carbons (Fsp3) is 0.435. The summed E-state index contributed by atoms with van der Waals surface area (Å²) >= 11 is 7.67. The molecule has 0 spiro atoms. The quantitative estimate of drug-likeness (QED) is 0.503. The maximum atomic E-state index is 5.86. The van der Waals surface area contributed by atoms with Gasteiger partial charge in [0.1, 0.15) is 0 Å². The van der Waals surface area contributed by atoms with Gasteiger partial charge in [-0.1, -0.05) is 43.5 Å². The highest BCUT2D eigenvalue weighted by Gasteiger charge is 2.19. The van der Waals surface area contributed by atoms with E-state index >= 15 is 0 Å². The standard InChI is InChI=1S/C23H29N3S2/c1-17-20(21-11-5-6-12-22(21)24-17)13-14-26(16-19-10-7-15-28-19)23(27)25-18-8-3-2-4-9-18/h5-7,10-12,15,18,24H,2-4,8-9,13-14,16H2,1H3,(H,25,27). The van der Waals surface area contributed by atoms with Gasteiger partial charge in [-0.15, -0.1) is 11.3 Å². The van der Waals surface area contributed by atoms with Gasteiger partial charge in [0.25, 0.3) is 0 Å². The summed E-state index contributed by atoms with van der Waals surface area (Å²) in [5.41, 5.74) is 3.90. The minimum Gasteiger partial charge on any atom is -0.360 e. The number of thiocarbonyl (C=S) groups is 1. The molecule has 0 radical (unpaired) electrons. The molecule has 2 N–H and O–H groups in total. The van der Waals surface area contributed by atoms with E-state index in [1.165, 1.54) is 59.1 Å². The van der Waals surface area contributed by atoms with E-state index in [4.69, 9.17) is 12.2 Å². The molecule has 28 heavy (non-hydrogen) atoms. The van der Waals surface area contributed by atoms with Crippen molar-refractivity contribution in [3.8, 4) is 0 Å².